The molecule has 4 heteroatoms. The topological polar surface area (TPSA) is 57.6 Å². The second-order valence-electron chi connectivity index (χ2n) is 10.5. The van der Waals surface area contributed by atoms with Crippen molar-refractivity contribution in [2.24, 2.45) is 17.3 Å². The number of nitrogens with zero attached hydrogens (tertiary/aromatic N) is 1. The van der Waals surface area contributed by atoms with Crippen LogP contribution in [0.4, 0.5) is 0 Å². The summed E-state index contributed by atoms with van der Waals surface area (Å²) in [4.78, 5) is 26.1. The summed E-state index contributed by atoms with van der Waals surface area (Å²) in [6.07, 6.45) is 8.13. The number of hydrogen-bond donors (Lipinski definition) is 1. The number of hydrogen-bond acceptors (Lipinski definition) is 3. The summed E-state index contributed by atoms with van der Waals surface area (Å²) in [5.41, 5.74) is 6.10. The van der Waals surface area contributed by atoms with Crippen molar-refractivity contribution in [1.82, 2.24) is 4.90 Å². The van der Waals surface area contributed by atoms with Gasteiger partial charge in [-0.05, 0) is 90.7 Å². The van der Waals surface area contributed by atoms with E-state index in [-0.39, 0.29) is 29.1 Å². The molecule has 4 aliphatic carbocycles. The molecule has 2 fully saturated rings. The van der Waals surface area contributed by atoms with Crippen LogP contribution in [0.1, 0.15) is 73.7 Å². The predicted octanol–water partition coefficient (Wildman–Crippen LogP) is 4.65. The van der Waals surface area contributed by atoms with Crippen LogP contribution in [0.25, 0.3) is 0 Å². The Labute approximate surface area is 185 Å². The first-order valence-electron chi connectivity index (χ1n) is 11.8. The molecule has 2 saturated carbocycles. The summed E-state index contributed by atoms with van der Waals surface area (Å²) < 4.78 is 0. The molecular weight excluding hydrogens is 386 g/mol. The van der Waals surface area contributed by atoms with Crippen molar-refractivity contribution < 1.29 is 14.7 Å². The van der Waals surface area contributed by atoms with Gasteiger partial charge in [0.15, 0.2) is 5.78 Å². The van der Waals surface area contributed by atoms with E-state index in [1.165, 1.54) is 22.3 Å². The fraction of sp³-hybridized carbons (Fsp3) is 0.556. The minimum Gasteiger partial charge on any atom is -0.393 e. The monoisotopic (exact) mass is 419 g/mol. The smallest absolute Gasteiger partial charge is 0.253 e. The van der Waals surface area contributed by atoms with Crippen LogP contribution >= 0.6 is 0 Å². The van der Waals surface area contributed by atoms with E-state index >= 15 is 0 Å². The molecule has 0 radical (unpaired) electrons. The molecule has 0 spiro atoms. The molecule has 1 aromatic carbocycles. The van der Waals surface area contributed by atoms with Gasteiger partial charge in [0.2, 0.25) is 0 Å². The molecule has 0 heterocycles. The molecule has 5 atom stereocenters. The number of rotatable bonds is 2. The molecule has 5 rings (SSSR count). The molecule has 0 aromatic heterocycles. The summed E-state index contributed by atoms with van der Waals surface area (Å²) in [5, 5.41) is 11.0. The van der Waals surface area contributed by atoms with Gasteiger partial charge in [-0.25, -0.2) is 0 Å². The number of benzene rings is 1. The number of aliphatic hydroxyl groups excluding tert-OH is 1. The van der Waals surface area contributed by atoms with Crippen LogP contribution in [0.3, 0.4) is 0 Å². The van der Waals surface area contributed by atoms with Gasteiger partial charge in [0.1, 0.15) is 0 Å². The SMILES string of the molecule is CN(C)C(=O)c1ccc(C2CC3(C)C(O)CCC3C3CCC4=CC(=O)CCC4=C23)cc1. The summed E-state index contributed by atoms with van der Waals surface area (Å²) in [7, 11) is 3.55. The third-order valence-corrected chi connectivity index (χ3v) is 8.65. The van der Waals surface area contributed by atoms with Crippen molar-refractivity contribution in [1.29, 1.82) is 0 Å². The number of amides is 1. The Morgan fingerprint density at radius 3 is 2.52 bits per heavy atom. The van der Waals surface area contributed by atoms with E-state index in [2.05, 4.69) is 19.1 Å². The van der Waals surface area contributed by atoms with Gasteiger partial charge < -0.3 is 10.0 Å². The number of fused-ring (bicyclic) bond motifs is 4. The standard InChI is InChI=1S/C27H33NO3/c1-27-15-22(16-4-6-17(7-5-16)26(31)28(2)3)25-20-11-9-19(29)14-18(20)8-10-21(25)23(27)12-13-24(27)30/h4-7,14,21-24,30H,8-13,15H2,1-3H3. The van der Waals surface area contributed by atoms with Crippen LogP contribution in [-0.4, -0.2) is 41.9 Å². The maximum Gasteiger partial charge on any atom is 0.253 e. The quantitative estimate of drug-likeness (QED) is 0.759. The predicted molar refractivity (Wildman–Crippen MR) is 121 cm³/mol. The molecular formula is C27H33NO3. The third kappa shape index (κ3) is 3.22. The van der Waals surface area contributed by atoms with Gasteiger partial charge in [0.05, 0.1) is 6.10 Å². The molecule has 31 heavy (non-hydrogen) atoms. The molecule has 1 N–H and O–H groups in total. The highest BCUT2D eigenvalue weighted by Crippen LogP contribution is 2.63. The third-order valence-electron chi connectivity index (χ3n) is 8.65. The fourth-order valence-electron chi connectivity index (χ4n) is 7.05. The fourth-order valence-corrected chi connectivity index (χ4v) is 7.05. The lowest BCUT2D eigenvalue weighted by atomic mass is 9.53. The lowest BCUT2D eigenvalue weighted by Crippen LogP contribution is -2.45. The maximum atomic E-state index is 12.4. The van der Waals surface area contributed by atoms with Crippen molar-refractivity contribution in [2.75, 3.05) is 14.1 Å². The molecule has 4 nitrogen and oxygen atoms in total. The van der Waals surface area contributed by atoms with Gasteiger partial charge in [-0.15, -0.1) is 0 Å². The first-order chi connectivity index (χ1) is 14.8. The molecule has 1 aromatic rings. The van der Waals surface area contributed by atoms with E-state index in [9.17, 15) is 14.7 Å². The molecule has 164 valence electrons. The van der Waals surface area contributed by atoms with Gasteiger partial charge in [-0.1, -0.05) is 24.6 Å². The minimum atomic E-state index is -0.244. The van der Waals surface area contributed by atoms with Gasteiger partial charge in [0.25, 0.3) is 5.91 Å². The first-order valence-corrected chi connectivity index (χ1v) is 11.8. The van der Waals surface area contributed by atoms with Gasteiger partial charge in [0, 0.05) is 32.0 Å². The summed E-state index contributed by atoms with van der Waals surface area (Å²) in [5.74, 6) is 1.54. The Hall–Kier alpha value is -2.20. The van der Waals surface area contributed by atoms with Crippen LogP contribution in [0.5, 0.6) is 0 Å². The molecule has 0 aliphatic heterocycles. The van der Waals surface area contributed by atoms with E-state index in [0.717, 1.165) is 38.5 Å². The lowest BCUT2D eigenvalue weighted by molar-refractivity contribution is -0.114. The van der Waals surface area contributed by atoms with Crippen LogP contribution in [-0.2, 0) is 4.79 Å². The number of ketones is 1. The number of carbonyl (C=O) groups is 2. The average molecular weight is 420 g/mol. The summed E-state index contributed by atoms with van der Waals surface area (Å²) in [6.45, 7) is 2.30. The second-order valence-corrected chi connectivity index (χ2v) is 10.5. The van der Waals surface area contributed by atoms with Crippen LogP contribution < -0.4 is 0 Å². The lowest BCUT2D eigenvalue weighted by Gasteiger charge is -2.52. The Morgan fingerprint density at radius 1 is 1.06 bits per heavy atom. The van der Waals surface area contributed by atoms with Crippen molar-refractivity contribution in [3.63, 3.8) is 0 Å². The zero-order chi connectivity index (χ0) is 21.9. The van der Waals surface area contributed by atoms with Crippen LogP contribution in [0, 0.1) is 17.3 Å². The Balaban J connectivity index is 1.61. The largest absolute Gasteiger partial charge is 0.393 e. The number of carbonyl (C=O) groups excluding carboxylic acids is 2. The normalized spacial score (nSPS) is 34.6. The minimum absolute atomic E-state index is 0.0158. The summed E-state index contributed by atoms with van der Waals surface area (Å²) >= 11 is 0. The van der Waals surface area contributed by atoms with Crippen molar-refractivity contribution in [3.8, 4) is 0 Å². The van der Waals surface area contributed by atoms with Crippen molar-refractivity contribution >= 4 is 11.7 Å². The zero-order valence-electron chi connectivity index (χ0n) is 18.9. The molecule has 0 saturated heterocycles. The summed E-state index contributed by atoms with van der Waals surface area (Å²) in [6, 6.07) is 8.12. The molecule has 4 aliphatic rings. The van der Waals surface area contributed by atoms with E-state index < -0.39 is 0 Å². The zero-order valence-corrected chi connectivity index (χ0v) is 18.9. The highest BCUT2D eigenvalue weighted by atomic mass is 16.3. The molecule has 1 amide bonds. The number of allylic oxidation sites excluding steroid dienone is 4. The van der Waals surface area contributed by atoms with E-state index in [1.54, 1.807) is 19.0 Å². The van der Waals surface area contributed by atoms with Gasteiger partial charge in [-0.2, -0.15) is 0 Å². The van der Waals surface area contributed by atoms with Gasteiger partial charge >= 0.3 is 0 Å². The number of aliphatic hydroxyl groups is 1. The van der Waals surface area contributed by atoms with Gasteiger partial charge in [-0.3, -0.25) is 9.59 Å². The Bertz CT molecular complexity index is 986. The molecule has 5 unspecified atom stereocenters. The highest BCUT2D eigenvalue weighted by Gasteiger charge is 2.56. The second kappa shape index (κ2) is 7.44. The van der Waals surface area contributed by atoms with Crippen molar-refractivity contribution in [2.45, 2.75) is 63.9 Å². The van der Waals surface area contributed by atoms with E-state index in [4.69, 9.17) is 0 Å². The average Bonchev–Trinajstić information content (AvgIpc) is 3.06. The maximum absolute atomic E-state index is 12.4. The van der Waals surface area contributed by atoms with Crippen LogP contribution in [0.15, 0.2) is 47.1 Å². The van der Waals surface area contributed by atoms with Crippen LogP contribution in [0.2, 0.25) is 0 Å². The van der Waals surface area contributed by atoms with E-state index in [0.29, 0.717) is 23.8 Å². The Kier molecular flexibility index (Phi) is 4.97. The molecule has 0 bridgehead atoms. The Morgan fingerprint density at radius 2 is 1.81 bits per heavy atom. The van der Waals surface area contributed by atoms with E-state index in [1.807, 2.05) is 18.2 Å². The van der Waals surface area contributed by atoms with Crippen molar-refractivity contribution in [3.05, 3.63) is 58.2 Å². The first kappa shape index (κ1) is 20.7. The highest BCUT2D eigenvalue weighted by molar-refractivity contribution is 5.94.